The Kier molecular flexibility index (Phi) is 3.96. The summed E-state index contributed by atoms with van der Waals surface area (Å²) in [6, 6.07) is 4.49. The minimum absolute atomic E-state index is 0. The molecule has 1 heterocycles. The number of fused-ring (bicyclic) bond motifs is 1. The molecule has 0 N–H and O–H groups in total. The van der Waals surface area contributed by atoms with E-state index < -0.39 is 11.7 Å². The summed E-state index contributed by atoms with van der Waals surface area (Å²) in [5.41, 5.74) is 0.309. The van der Waals surface area contributed by atoms with E-state index in [4.69, 9.17) is 43.1 Å². The van der Waals surface area contributed by atoms with Crippen molar-refractivity contribution < 1.29 is 26.2 Å². The van der Waals surface area contributed by atoms with Gasteiger partial charge in [0.15, 0.2) is 22.5 Å². The van der Waals surface area contributed by atoms with E-state index in [-0.39, 0.29) is 12.4 Å². The molecule has 1 aliphatic rings. The molecule has 82 valence electrons. The molecule has 0 bridgehead atoms. The smallest absolute Gasteiger partial charge is 0.563 e. The van der Waals surface area contributed by atoms with Crippen LogP contribution in [-0.2, 0) is 0 Å². The molecule has 0 saturated heterocycles. The van der Waals surface area contributed by atoms with Gasteiger partial charge in [-0.25, -0.2) is 0 Å². The van der Waals surface area contributed by atoms with Gasteiger partial charge in [-0.2, -0.15) is 0 Å². The highest BCUT2D eigenvalue weighted by Crippen LogP contribution is 2.74. The Morgan fingerprint density at radius 2 is 1.80 bits per heavy atom. The van der Waals surface area contributed by atoms with Crippen molar-refractivity contribution in [1.82, 2.24) is 0 Å². The van der Waals surface area contributed by atoms with Crippen LogP contribution in [0.3, 0.4) is 0 Å². The van der Waals surface area contributed by atoms with Gasteiger partial charge in [-0.05, 0) is 23.7 Å². The van der Waals surface area contributed by atoms with E-state index >= 15 is 0 Å². The fourth-order valence-corrected chi connectivity index (χ4v) is 2.82. The summed E-state index contributed by atoms with van der Waals surface area (Å²) in [7, 11) is 0. The van der Waals surface area contributed by atoms with E-state index in [0.717, 1.165) is 0 Å². The third-order valence-electron chi connectivity index (χ3n) is 1.58. The largest absolute Gasteiger partial charge is 1.00 e. The van der Waals surface area contributed by atoms with E-state index in [1.807, 2.05) is 0 Å². The van der Waals surface area contributed by atoms with E-state index in [9.17, 15) is 4.79 Å². The lowest BCUT2D eigenvalue weighted by Crippen LogP contribution is -3.00. The van der Waals surface area contributed by atoms with Crippen molar-refractivity contribution in [3.63, 3.8) is 0 Å². The summed E-state index contributed by atoms with van der Waals surface area (Å²) < 4.78 is 10.2. The second kappa shape index (κ2) is 4.52. The molecule has 3 nitrogen and oxygen atoms in total. The van der Waals surface area contributed by atoms with Gasteiger partial charge in [-0.3, -0.25) is 13.8 Å². The predicted octanol–water partition coefficient (Wildman–Crippen LogP) is 0.996. The molecular weight excluding hydrogens is 305 g/mol. The van der Waals surface area contributed by atoms with E-state index in [0.29, 0.717) is 17.1 Å². The van der Waals surface area contributed by atoms with E-state index in [1.54, 1.807) is 0 Å². The van der Waals surface area contributed by atoms with E-state index in [2.05, 4.69) is 0 Å². The number of halogens is 4. The lowest BCUT2D eigenvalue weighted by Gasteiger charge is -1.94. The first kappa shape index (κ1) is 13.1. The maximum atomic E-state index is 10.8. The highest BCUT2D eigenvalue weighted by molar-refractivity contribution is 8.11. The van der Waals surface area contributed by atoms with Gasteiger partial charge in [-0.1, -0.05) is 0 Å². The summed E-state index contributed by atoms with van der Waals surface area (Å²) in [5.74, 6) is 0.764. The fourth-order valence-electron chi connectivity index (χ4n) is 1.02. The molecule has 0 spiro atoms. The summed E-state index contributed by atoms with van der Waals surface area (Å²) in [4.78, 5) is 10.8. The fraction of sp³-hybridized carbons (Fsp3) is 0. The van der Waals surface area contributed by atoms with Crippen molar-refractivity contribution in [2.75, 3.05) is 0 Å². The lowest BCUT2D eigenvalue weighted by molar-refractivity contribution is -0.0000106. The van der Waals surface area contributed by atoms with Gasteiger partial charge in [0, 0.05) is 11.6 Å². The van der Waals surface area contributed by atoms with Crippen molar-refractivity contribution in [2.24, 2.45) is 0 Å². The molecule has 2 rings (SSSR count). The Labute approximate surface area is 107 Å². The lowest BCUT2D eigenvalue weighted by atomic mass is 10.2. The van der Waals surface area contributed by atoms with Crippen molar-refractivity contribution in [1.29, 1.82) is 0 Å². The highest BCUT2D eigenvalue weighted by Gasteiger charge is 2.50. The number of hydrogen-bond acceptors (Lipinski definition) is 3. The van der Waals surface area contributed by atoms with Crippen LogP contribution in [0.1, 0.15) is 10.4 Å². The second-order valence-electron chi connectivity index (χ2n) is 2.53. The maximum absolute atomic E-state index is 10.8. The first-order chi connectivity index (χ1) is 6.48. The standard InChI is InChI=1S/C7H3Cl3O3P.ClH/c8-7(11)4-1-2-5-6(3-4)13-14(9,10)12-5;/h1-3H;1H/q+1;/p-1. The zero-order valence-electron chi connectivity index (χ0n) is 6.92. The average Bonchev–Trinajstić information content (AvgIpc) is 2.36. The number of hydrogen-bond donors (Lipinski definition) is 0. The third-order valence-corrected chi connectivity index (χ3v) is 3.44. The number of rotatable bonds is 1. The first-order valence-electron chi connectivity index (χ1n) is 3.49. The Hall–Kier alpha value is 0.0800. The van der Waals surface area contributed by atoms with Gasteiger partial charge in [0.2, 0.25) is 11.5 Å². The first-order valence-corrected chi connectivity index (χ1v) is 7.31. The summed E-state index contributed by atoms with van der Waals surface area (Å²) in [5, 5.41) is -0.573. The van der Waals surface area contributed by atoms with Crippen LogP contribution >= 0.6 is 40.5 Å². The molecule has 15 heavy (non-hydrogen) atoms. The van der Waals surface area contributed by atoms with Crippen molar-refractivity contribution in [2.45, 2.75) is 0 Å². The number of carbonyl (C=O) groups excluding carboxylic acids is 1. The summed E-state index contributed by atoms with van der Waals surface area (Å²) >= 11 is 16.6. The Morgan fingerprint density at radius 3 is 2.40 bits per heavy atom. The molecule has 0 saturated carbocycles. The Balaban J connectivity index is 0.00000112. The Morgan fingerprint density at radius 1 is 1.20 bits per heavy atom. The van der Waals surface area contributed by atoms with Gasteiger partial charge >= 0.3 is 6.42 Å². The zero-order valence-corrected chi connectivity index (χ0v) is 10.8. The average molecular weight is 308 g/mol. The van der Waals surface area contributed by atoms with Gasteiger partial charge in [0.1, 0.15) is 0 Å². The van der Waals surface area contributed by atoms with Crippen molar-refractivity contribution >= 4 is 45.7 Å². The monoisotopic (exact) mass is 306 g/mol. The molecule has 0 atom stereocenters. The number of carbonyl (C=O) groups is 1. The van der Waals surface area contributed by atoms with Crippen LogP contribution in [-0.4, -0.2) is 5.24 Å². The van der Waals surface area contributed by atoms with Gasteiger partial charge in [0.25, 0.3) is 5.24 Å². The normalized spacial score (nSPS) is 15.7. The zero-order chi connectivity index (χ0) is 10.3. The molecule has 0 unspecified atom stereocenters. The summed E-state index contributed by atoms with van der Waals surface area (Å²) in [6.07, 6.45) is -2.84. The van der Waals surface area contributed by atoms with Crippen molar-refractivity contribution in [3.05, 3.63) is 23.8 Å². The highest BCUT2D eigenvalue weighted by atomic mass is 35.9. The molecule has 1 aromatic rings. The Bertz CT molecular complexity index is 409. The number of benzene rings is 1. The molecule has 0 aliphatic carbocycles. The minimum atomic E-state index is -2.84. The second-order valence-corrected chi connectivity index (χ2v) is 7.26. The SMILES string of the molecule is O=C(Cl)c1ccc2c(c1)O[P+](Cl)(Cl)O2.[Cl-]. The molecule has 0 fully saturated rings. The van der Waals surface area contributed by atoms with Crippen LogP contribution < -0.4 is 21.5 Å². The van der Waals surface area contributed by atoms with Crippen LogP contribution in [0.5, 0.6) is 11.5 Å². The summed E-state index contributed by atoms with van der Waals surface area (Å²) in [6.45, 7) is 0. The van der Waals surface area contributed by atoms with Crippen LogP contribution in [0.4, 0.5) is 0 Å². The maximum Gasteiger partial charge on any atom is 0.563 e. The molecule has 0 radical (unpaired) electrons. The van der Waals surface area contributed by atoms with Crippen LogP contribution in [0.25, 0.3) is 0 Å². The van der Waals surface area contributed by atoms with E-state index in [1.165, 1.54) is 18.2 Å². The molecule has 0 amide bonds. The van der Waals surface area contributed by atoms with Crippen molar-refractivity contribution in [3.8, 4) is 11.5 Å². The topological polar surface area (TPSA) is 35.5 Å². The van der Waals surface area contributed by atoms with Crippen LogP contribution in [0, 0.1) is 0 Å². The van der Waals surface area contributed by atoms with Gasteiger partial charge in [-0.15, -0.1) is 0 Å². The minimum Gasteiger partial charge on any atom is -1.00 e. The molecular formula is C7H3Cl4O3P. The van der Waals surface area contributed by atoms with Crippen LogP contribution in [0.2, 0.25) is 0 Å². The molecule has 0 aromatic heterocycles. The van der Waals surface area contributed by atoms with Gasteiger partial charge < -0.3 is 12.4 Å². The third kappa shape index (κ3) is 2.80. The molecule has 1 aliphatic heterocycles. The molecule has 1 aromatic carbocycles. The van der Waals surface area contributed by atoms with Gasteiger partial charge in [0.05, 0.1) is 0 Å². The quantitative estimate of drug-likeness (QED) is 0.573. The molecule has 8 heteroatoms. The van der Waals surface area contributed by atoms with Crippen LogP contribution in [0.15, 0.2) is 18.2 Å². The predicted molar refractivity (Wildman–Crippen MR) is 56.5 cm³/mol.